The van der Waals surface area contributed by atoms with Crippen molar-refractivity contribution in [3.8, 4) is 0 Å². The van der Waals surface area contributed by atoms with Gasteiger partial charge in [-0.15, -0.1) is 0 Å². The Balaban J connectivity index is 2.01. The van der Waals surface area contributed by atoms with Gasteiger partial charge >= 0.3 is 0 Å². The quantitative estimate of drug-likeness (QED) is 0.607. The van der Waals surface area contributed by atoms with Crippen LogP contribution in [0.4, 0.5) is 0 Å². The molecule has 2 nitrogen and oxygen atoms in total. The molecule has 0 fully saturated rings. The number of hydrogen-bond donors (Lipinski definition) is 0. The van der Waals surface area contributed by atoms with E-state index in [-0.39, 0.29) is 5.75 Å². The monoisotopic (exact) mass is 348 g/mol. The third-order valence-electron chi connectivity index (χ3n) is 4.01. The maximum Gasteiger partial charge on any atom is 0.182 e. The van der Waals surface area contributed by atoms with Crippen LogP contribution in [-0.2, 0) is 9.84 Å². The molecule has 0 atom stereocenters. The number of sulfone groups is 1. The largest absolute Gasteiger partial charge is 0.223 e. The van der Waals surface area contributed by atoms with Crippen molar-refractivity contribution >= 4 is 21.5 Å². The van der Waals surface area contributed by atoms with E-state index in [1.54, 1.807) is 12.1 Å². The Kier molecular flexibility index (Phi) is 5.15. The van der Waals surface area contributed by atoms with Gasteiger partial charge in [-0.2, -0.15) is 0 Å². The standard InChI is InChI=1S/C22H20O2S/c1-18-12-14-22(15-13-18)25(23,24)17-21(20-10-6-3-7-11-20)16-19-8-4-2-5-9-19/h2-16H,17H2,1H3/b21-16+. The zero-order chi connectivity index (χ0) is 17.7. The van der Waals surface area contributed by atoms with Gasteiger partial charge in [0.05, 0.1) is 10.6 Å². The van der Waals surface area contributed by atoms with Gasteiger partial charge in [-0.1, -0.05) is 84.4 Å². The van der Waals surface area contributed by atoms with E-state index in [1.807, 2.05) is 85.8 Å². The first-order chi connectivity index (χ1) is 12.0. The summed E-state index contributed by atoms with van der Waals surface area (Å²) in [7, 11) is -3.41. The lowest BCUT2D eigenvalue weighted by atomic mass is 10.0. The fourth-order valence-corrected chi connectivity index (χ4v) is 4.02. The third kappa shape index (κ3) is 4.46. The fourth-order valence-electron chi connectivity index (χ4n) is 2.64. The van der Waals surface area contributed by atoms with Crippen LogP contribution in [0.2, 0.25) is 0 Å². The van der Waals surface area contributed by atoms with Crippen molar-refractivity contribution in [3.05, 3.63) is 102 Å². The first-order valence-corrected chi connectivity index (χ1v) is 9.80. The molecule has 0 aliphatic carbocycles. The molecule has 3 heteroatoms. The molecule has 3 rings (SSSR count). The van der Waals surface area contributed by atoms with Crippen LogP contribution in [0.15, 0.2) is 89.8 Å². The predicted molar refractivity (Wildman–Crippen MR) is 104 cm³/mol. The van der Waals surface area contributed by atoms with E-state index in [1.165, 1.54) is 0 Å². The highest BCUT2D eigenvalue weighted by Crippen LogP contribution is 2.23. The van der Waals surface area contributed by atoms with E-state index in [4.69, 9.17) is 0 Å². The molecule has 0 unspecified atom stereocenters. The zero-order valence-corrected chi connectivity index (χ0v) is 14.9. The second-order valence-corrected chi connectivity index (χ2v) is 8.01. The lowest BCUT2D eigenvalue weighted by Crippen LogP contribution is -2.08. The van der Waals surface area contributed by atoms with E-state index >= 15 is 0 Å². The first kappa shape index (κ1) is 17.2. The summed E-state index contributed by atoms with van der Waals surface area (Å²) in [5, 5.41) is 0. The molecule has 0 aromatic heterocycles. The number of rotatable bonds is 5. The van der Waals surface area contributed by atoms with Crippen molar-refractivity contribution in [2.24, 2.45) is 0 Å². The van der Waals surface area contributed by atoms with Gasteiger partial charge in [0.1, 0.15) is 0 Å². The minimum atomic E-state index is -3.41. The van der Waals surface area contributed by atoms with Crippen LogP contribution in [0, 0.1) is 6.92 Å². The normalized spacial score (nSPS) is 12.1. The Morgan fingerprint density at radius 2 is 1.36 bits per heavy atom. The molecule has 0 saturated carbocycles. The first-order valence-electron chi connectivity index (χ1n) is 8.15. The summed E-state index contributed by atoms with van der Waals surface area (Å²) in [5.41, 5.74) is 3.73. The van der Waals surface area contributed by atoms with E-state index in [2.05, 4.69) is 0 Å². The molecule has 0 amide bonds. The van der Waals surface area contributed by atoms with Crippen molar-refractivity contribution in [1.29, 1.82) is 0 Å². The maximum atomic E-state index is 12.9. The summed E-state index contributed by atoms with van der Waals surface area (Å²) in [4.78, 5) is 0.355. The topological polar surface area (TPSA) is 34.1 Å². The molecular weight excluding hydrogens is 328 g/mol. The molecule has 3 aromatic carbocycles. The second-order valence-electron chi connectivity index (χ2n) is 6.02. The molecule has 0 bridgehead atoms. The lowest BCUT2D eigenvalue weighted by molar-refractivity contribution is 0.599. The molecule has 0 heterocycles. The number of hydrogen-bond acceptors (Lipinski definition) is 2. The van der Waals surface area contributed by atoms with Crippen molar-refractivity contribution in [2.75, 3.05) is 5.75 Å². The van der Waals surface area contributed by atoms with Crippen LogP contribution < -0.4 is 0 Å². The van der Waals surface area contributed by atoms with Crippen molar-refractivity contribution < 1.29 is 8.42 Å². The van der Waals surface area contributed by atoms with E-state index in [0.29, 0.717) is 4.90 Å². The second kappa shape index (κ2) is 7.49. The van der Waals surface area contributed by atoms with Gasteiger partial charge in [0, 0.05) is 0 Å². The molecule has 126 valence electrons. The summed E-state index contributed by atoms with van der Waals surface area (Å²) < 4.78 is 25.8. The molecule has 25 heavy (non-hydrogen) atoms. The minimum Gasteiger partial charge on any atom is -0.223 e. The highest BCUT2D eigenvalue weighted by Gasteiger charge is 2.17. The summed E-state index contributed by atoms with van der Waals surface area (Å²) in [6, 6.07) is 26.5. The van der Waals surface area contributed by atoms with Gasteiger partial charge < -0.3 is 0 Å². The zero-order valence-electron chi connectivity index (χ0n) is 14.1. The smallest absolute Gasteiger partial charge is 0.182 e. The molecule has 0 spiro atoms. The average molecular weight is 348 g/mol. The minimum absolute atomic E-state index is 0.0328. The van der Waals surface area contributed by atoms with E-state index < -0.39 is 9.84 Å². The third-order valence-corrected chi connectivity index (χ3v) is 5.69. The Morgan fingerprint density at radius 3 is 1.96 bits per heavy atom. The van der Waals surface area contributed by atoms with E-state index in [9.17, 15) is 8.42 Å². The highest BCUT2D eigenvalue weighted by molar-refractivity contribution is 7.91. The summed E-state index contributed by atoms with van der Waals surface area (Å²) in [6.07, 6.45) is 1.95. The van der Waals surface area contributed by atoms with Gasteiger partial charge in [-0.05, 0) is 35.8 Å². The Morgan fingerprint density at radius 1 is 0.800 bits per heavy atom. The van der Waals surface area contributed by atoms with Crippen molar-refractivity contribution in [1.82, 2.24) is 0 Å². The van der Waals surface area contributed by atoms with Crippen molar-refractivity contribution in [2.45, 2.75) is 11.8 Å². The summed E-state index contributed by atoms with van der Waals surface area (Å²) in [5.74, 6) is -0.0328. The van der Waals surface area contributed by atoms with Crippen molar-refractivity contribution in [3.63, 3.8) is 0 Å². The number of benzene rings is 3. The Hall–Kier alpha value is -2.65. The molecule has 0 radical (unpaired) electrons. The van der Waals surface area contributed by atoms with Gasteiger partial charge in [-0.25, -0.2) is 8.42 Å². The van der Waals surface area contributed by atoms with Gasteiger partial charge in [0.15, 0.2) is 9.84 Å². The predicted octanol–water partition coefficient (Wildman–Crippen LogP) is 5.01. The van der Waals surface area contributed by atoms with Crippen LogP contribution in [-0.4, -0.2) is 14.2 Å². The molecule has 3 aromatic rings. The molecule has 0 saturated heterocycles. The van der Waals surface area contributed by atoms with Crippen LogP contribution in [0.3, 0.4) is 0 Å². The van der Waals surface area contributed by atoms with Crippen LogP contribution >= 0.6 is 0 Å². The number of aryl methyl sites for hydroxylation is 1. The average Bonchev–Trinajstić information content (AvgIpc) is 2.63. The summed E-state index contributed by atoms with van der Waals surface area (Å²) >= 11 is 0. The molecule has 0 aliphatic rings. The SMILES string of the molecule is Cc1ccc(S(=O)(=O)C/C(=C\c2ccccc2)c2ccccc2)cc1. The summed E-state index contributed by atoms with van der Waals surface area (Å²) in [6.45, 7) is 1.95. The van der Waals surface area contributed by atoms with Crippen LogP contribution in [0.25, 0.3) is 11.6 Å². The van der Waals surface area contributed by atoms with Gasteiger partial charge in [0.2, 0.25) is 0 Å². The van der Waals surface area contributed by atoms with E-state index in [0.717, 1.165) is 22.3 Å². The van der Waals surface area contributed by atoms with Gasteiger partial charge in [0.25, 0.3) is 0 Å². The lowest BCUT2D eigenvalue weighted by Gasteiger charge is -2.10. The van der Waals surface area contributed by atoms with Gasteiger partial charge in [-0.3, -0.25) is 0 Å². The highest BCUT2D eigenvalue weighted by atomic mass is 32.2. The molecule has 0 aliphatic heterocycles. The molecule has 0 N–H and O–H groups in total. The molecular formula is C22H20O2S. The Labute approximate surface area is 149 Å². The van der Waals surface area contributed by atoms with Crippen LogP contribution in [0.5, 0.6) is 0 Å². The Bertz CT molecular complexity index is 956. The van der Waals surface area contributed by atoms with Crippen LogP contribution in [0.1, 0.15) is 16.7 Å². The maximum absolute atomic E-state index is 12.9. The fraction of sp³-hybridized carbons (Fsp3) is 0.0909.